The number of carbonyl (C=O) groups is 2. The van der Waals surface area contributed by atoms with Gasteiger partial charge in [-0.1, -0.05) is 19.8 Å². The zero-order valence-electron chi connectivity index (χ0n) is 11.3. The van der Waals surface area contributed by atoms with Crippen molar-refractivity contribution in [2.24, 2.45) is 11.7 Å². The van der Waals surface area contributed by atoms with Crippen molar-refractivity contribution >= 4 is 17.7 Å². The van der Waals surface area contributed by atoms with Crippen LogP contribution in [0.1, 0.15) is 43.1 Å². The average molecular weight is 278 g/mol. The Hall–Kier alpha value is -2.18. The molecule has 0 aliphatic heterocycles. The van der Waals surface area contributed by atoms with E-state index in [4.69, 9.17) is 5.73 Å². The minimum atomic E-state index is -1.01. The molecule has 2 rings (SSSR count). The number of carbonyl (C=O) groups excluding carboxylic acids is 1. The Kier molecular flexibility index (Phi) is 3.87. The van der Waals surface area contributed by atoms with Crippen LogP contribution in [0.2, 0.25) is 0 Å². The summed E-state index contributed by atoms with van der Waals surface area (Å²) >= 11 is 0. The third kappa shape index (κ3) is 2.87. The van der Waals surface area contributed by atoms with E-state index in [0.29, 0.717) is 24.6 Å². The number of nitrogens with zero attached hydrogens (tertiary/aromatic N) is 2. The Bertz CT molecular complexity index is 517. The SMILES string of the molecule is CC1CCCC(Nc2ccc(C(N)=O)nn2)(C(=O)O)C1. The number of nitrogens with two attached hydrogens (primary N) is 1. The van der Waals surface area contributed by atoms with Crippen molar-refractivity contribution in [3.05, 3.63) is 17.8 Å². The largest absolute Gasteiger partial charge is 0.480 e. The van der Waals surface area contributed by atoms with Gasteiger partial charge < -0.3 is 16.2 Å². The number of nitrogens with one attached hydrogen (secondary N) is 1. The van der Waals surface area contributed by atoms with E-state index in [-0.39, 0.29) is 5.69 Å². The maximum absolute atomic E-state index is 11.6. The minimum Gasteiger partial charge on any atom is -0.480 e. The molecule has 4 N–H and O–H groups in total. The van der Waals surface area contributed by atoms with Crippen molar-refractivity contribution in [3.63, 3.8) is 0 Å². The molecule has 1 fully saturated rings. The second kappa shape index (κ2) is 5.44. The fourth-order valence-corrected chi connectivity index (χ4v) is 2.69. The first kappa shape index (κ1) is 14.2. The zero-order valence-corrected chi connectivity index (χ0v) is 11.3. The van der Waals surface area contributed by atoms with Gasteiger partial charge in [-0.05, 0) is 30.9 Å². The first-order valence-electron chi connectivity index (χ1n) is 6.58. The third-order valence-corrected chi connectivity index (χ3v) is 3.69. The summed E-state index contributed by atoms with van der Waals surface area (Å²) in [6.07, 6.45) is 2.98. The first-order chi connectivity index (χ1) is 9.43. The predicted molar refractivity (Wildman–Crippen MR) is 72.2 cm³/mol. The summed E-state index contributed by atoms with van der Waals surface area (Å²) < 4.78 is 0. The summed E-state index contributed by atoms with van der Waals surface area (Å²) in [5.41, 5.74) is 4.12. The van der Waals surface area contributed by atoms with Crippen LogP contribution in [0.25, 0.3) is 0 Å². The molecule has 7 heteroatoms. The van der Waals surface area contributed by atoms with E-state index in [2.05, 4.69) is 15.5 Å². The lowest BCUT2D eigenvalue weighted by atomic mass is 9.76. The van der Waals surface area contributed by atoms with Gasteiger partial charge in [0.2, 0.25) is 0 Å². The van der Waals surface area contributed by atoms with Crippen molar-refractivity contribution in [1.82, 2.24) is 10.2 Å². The molecule has 20 heavy (non-hydrogen) atoms. The number of rotatable bonds is 4. The van der Waals surface area contributed by atoms with E-state index in [0.717, 1.165) is 12.8 Å². The standard InChI is InChI=1S/C13H18N4O3/c1-8-3-2-6-13(7-8,12(19)20)15-10-5-4-9(11(14)18)16-17-10/h4-5,8H,2-3,6-7H2,1H3,(H2,14,18)(H,15,17)(H,19,20). The van der Waals surface area contributed by atoms with Crippen LogP contribution in [0.4, 0.5) is 5.82 Å². The molecular weight excluding hydrogens is 260 g/mol. The van der Waals surface area contributed by atoms with Crippen LogP contribution >= 0.6 is 0 Å². The molecule has 0 spiro atoms. The van der Waals surface area contributed by atoms with Crippen LogP contribution in [0.3, 0.4) is 0 Å². The minimum absolute atomic E-state index is 0.0527. The van der Waals surface area contributed by atoms with Crippen LogP contribution in [0.5, 0.6) is 0 Å². The zero-order chi connectivity index (χ0) is 14.8. The molecule has 7 nitrogen and oxygen atoms in total. The fraction of sp³-hybridized carbons (Fsp3) is 0.538. The molecule has 2 unspecified atom stereocenters. The van der Waals surface area contributed by atoms with Gasteiger partial charge in [0.05, 0.1) is 0 Å². The van der Waals surface area contributed by atoms with Crippen LogP contribution in [0.15, 0.2) is 12.1 Å². The van der Waals surface area contributed by atoms with E-state index in [1.807, 2.05) is 6.92 Å². The average Bonchev–Trinajstić information content (AvgIpc) is 2.39. The van der Waals surface area contributed by atoms with Crippen LogP contribution in [0, 0.1) is 5.92 Å². The molecule has 1 aliphatic carbocycles. The van der Waals surface area contributed by atoms with Gasteiger partial charge in [-0.2, -0.15) is 0 Å². The second-order valence-corrected chi connectivity index (χ2v) is 5.38. The summed E-state index contributed by atoms with van der Waals surface area (Å²) in [6.45, 7) is 2.04. The number of aromatic nitrogens is 2. The molecule has 0 saturated heterocycles. The molecular formula is C13H18N4O3. The van der Waals surface area contributed by atoms with Crippen molar-refractivity contribution in [1.29, 1.82) is 0 Å². The van der Waals surface area contributed by atoms with Gasteiger partial charge in [-0.15, -0.1) is 10.2 Å². The molecule has 1 heterocycles. The molecule has 1 amide bonds. The number of carboxylic acids is 1. The predicted octanol–water partition coefficient (Wildman–Crippen LogP) is 1.02. The van der Waals surface area contributed by atoms with Crippen molar-refractivity contribution in [2.45, 2.75) is 38.1 Å². The molecule has 1 aliphatic rings. The Morgan fingerprint density at radius 3 is 2.70 bits per heavy atom. The number of amides is 1. The fourth-order valence-electron chi connectivity index (χ4n) is 2.69. The maximum Gasteiger partial charge on any atom is 0.329 e. The molecule has 0 aromatic carbocycles. The molecule has 108 valence electrons. The number of aliphatic carboxylic acids is 1. The molecule has 1 aromatic rings. The lowest BCUT2D eigenvalue weighted by Crippen LogP contribution is -2.49. The monoisotopic (exact) mass is 278 g/mol. The smallest absolute Gasteiger partial charge is 0.329 e. The van der Waals surface area contributed by atoms with Crippen LogP contribution in [-0.4, -0.2) is 32.7 Å². The topological polar surface area (TPSA) is 118 Å². The number of hydrogen-bond acceptors (Lipinski definition) is 5. The highest BCUT2D eigenvalue weighted by Crippen LogP contribution is 2.34. The molecule has 0 radical (unpaired) electrons. The summed E-state index contributed by atoms with van der Waals surface area (Å²) in [7, 11) is 0. The Balaban J connectivity index is 2.20. The molecule has 1 aromatic heterocycles. The molecule has 0 bridgehead atoms. The van der Waals surface area contributed by atoms with Gasteiger partial charge in [0.15, 0.2) is 5.69 Å². The Morgan fingerprint density at radius 1 is 1.45 bits per heavy atom. The van der Waals surface area contributed by atoms with Gasteiger partial charge in [0.1, 0.15) is 11.4 Å². The van der Waals surface area contributed by atoms with E-state index in [1.54, 1.807) is 0 Å². The summed E-state index contributed by atoms with van der Waals surface area (Å²) in [6, 6.07) is 2.95. The Morgan fingerprint density at radius 2 is 2.20 bits per heavy atom. The van der Waals surface area contributed by atoms with E-state index in [1.165, 1.54) is 12.1 Å². The van der Waals surface area contributed by atoms with E-state index >= 15 is 0 Å². The first-order valence-corrected chi connectivity index (χ1v) is 6.58. The van der Waals surface area contributed by atoms with Crippen LogP contribution < -0.4 is 11.1 Å². The van der Waals surface area contributed by atoms with Crippen molar-refractivity contribution < 1.29 is 14.7 Å². The van der Waals surface area contributed by atoms with E-state index < -0.39 is 17.4 Å². The lowest BCUT2D eigenvalue weighted by molar-refractivity contribution is -0.144. The molecule has 1 saturated carbocycles. The summed E-state index contributed by atoms with van der Waals surface area (Å²) in [5.74, 6) is -0.871. The van der Waals surface area contributed by atoms with E-state index in [9.17, 15) is 14.7 Å². The number of hydrogen-bond donors (Lipinski definition) is 3. The van der Waals surface area contributed by atoms with Gasteiger partial charge >= 0.3 is 5.97 Å². The lowest BCUT2D eigenvalue weighted by Gasteiger charge is -2.37. The third-order valence-electron chi connectivity index (χ3n) is 3.69. The number of carboxylic acid groups (broad SMARTS) is 1. The summed E-state index contributed by atoms with van der Waals surface area (Å²) in [4.78, 5) is 22.5. The van der Waals surface area contributed by atoms with Crippen LogP contribution in [-0.2, 0) is 4.79 Å². The normalized spacial score (nSPS) is 25.9. The van der Waals surface area contributed by atoms with Gasteiger partial charge in [0, 0.05) is 0 Å². The number of primary amides is 1. The second-order valence-electron chi connectivity index (χ2n) is 5.38. The van der Waals surface area contributed by atoms with Gasteiger partial charge in [0.25, 0.3) is 5.91 Å². The summed E-state index contributed by atoms with van der Waals surface area (Å²) in [5, 5.41) is 20.0. The van der Waals surface area contributed by atoms with Crippen molar-refractivity contribution in [2.75, 3.05) is 5.32 Å². The van der Waals surface area contributed by atoms with Crippen molar-refractivity contribution in [3.8, 4) is 0 Å². The quantitative estimate of drug-likeness (QED) is 0.756. The highest BCUT2D eigenvalue weighted by Gasteiger charge is 2.42. The highest BCUT2D eigenvalue weighted by atomic mass is 16.4. The van der Waals surface area contributed by atoms with Gasteiger partial charge in [-0.25, -0.2) is 4.79 Å². The Labute approximate surface area is 116 Å². The number of anilines is 1. The maximum atomic E-state index is 11.6. The molecule has 2 atom stereocenters. The highest BCUT2D eigenvalue weighted by molar-refractivity contribution is 5.90. The van der Waals surface area contributed by atoms with Gasteiger partial charge in [-0.3, -0.25) is 4.79 Å².